The predicted molar refractivity (Wildman–Crippen MR) is 163 cm³/mol. The first-order chi connectivity index (χ1) is 21.6. The van der Waals surface area contributed by atoms with Crippen molar-refractivity contribution in [3.05, 3.63) is 104 Å². The molecular formula is C32H34F3N8O3+. The van der Waals surface area contributed by atoms with Crippen molar-refractivity contribution in [2.45, 2.75) is 39.0 Å². The number of nitrogens with one attached hydrogen (secondary N) is 1. The molecule has 0 saturated heterocycles. The zero-order chi connectivity index (χ0) is 33.6. The van der Waals surface area contributed by atoms with Crippen molar-refractivity contribution in [3.8, 4) is 6.07 Å². The van der Waals surface area contributed by atoms with Gasteiger partial charge >= 0.3 is 17.8 Å². The van der Waals surface area contributed by atoms with Gasteiger partial charge in [0.1, 0.15) is 12.6 Å². The number of aromatic amines is 1. The molecule has 4 aromatic rings. The molecule has 0 saturated carbocycles. The van der Waals surface area contributed by atoms with Gasteiger partial charge in [0.15, 0.2) is 0 Å². The number of H-pyrrole nitrogens is 1. The van der Waals surface area contributed by atoms with Crippen LogP contribution in [0.4, 0.5) is 24.8 Å². The smallest absolute Gasteiger partial charge is 0.416 e. The van der Waals surface area contributed by atoms with Crippen LogP contribution < -0.4 is 10.6 Å². The number of aromatic nitrogens is 5. The molecule has 11 nitrogen and oxygen atoms in total. The van der Waals surface area contributed by atoms with Crippen molar-refractivity contribution in [2.24, 2.45) is 7.05 Å². The quantitative estimate of drug-likeness (QED) is 0.223. The Hall–Kier alpha value is -5.16. The van der Waals surface area contributed by atoms with Gasteiger partial charge in [-0.05, 0) is 61.4 Å². The number of aryl methyl sites for hydroxylation is 2. The maximum Gasteiger partial charge on any atom is 0.416 e. The molecule has 0 unspecified atom stereocenters. The maximum absolute atomic E-state index is 13.7. The number of anilines is 2. The van der Waals surface area contributed by atoms with E-state index in [-0.39, 0.29) is 22.9 Å². The van der Waals surface area contributed by atoms with Crippen LogP contribution in [0.15, 0.2) is 64.6 Å². The SMILES string of the molecule is COC(=O)C1=C(C)N(c2cccc(C(F)(F)F)c2)c2n[nH]c(=O)n2[C@@H]1c1ccc(C#N)cc1CC[N+](C)(C)Cc1cc(C)nn1C. The second-order valence-corrected chi connectivity index (χ2v) is 12.0. The minimum absolute atomic E-state index is 0.00234. The lowest BCUT2D eigenvalue weighted by molar-refractivity contribution is -0.903. The fourth-order valence-corrected chi connectivity index (χ4v) is 5.99. The van der Waals surface area contributed by atoms with Crippen LogP contribution in [0.1, 0.15) is 46.6 Å². The molecule has 2 aromatic heterocycles. The van der Waals surface area contributed by atoms with E-state index in [1.165, 1.54) is 28.7 Å². The van der Waals surface area contributed by atoms with Crippen molar-refractivity contribution < 1.29 is 27.2 Å². The molecule has 1 aliphatic rings. The van der Waals surface area contributed by atoms with Gasteiger partial charge in [0.05, 0.1) is 61.9 Å². The van der Waals surface area contributed by atoms with E-state index in [1.807, 2.05) is 24.7 Å². The lowest BCUT2D eigenvalue weighted by Gasteiger charge is -2.36. The van der Waals surface area contributed by atoms with Gasteiger partial charge in [0.25, 0.3) is 0 Å². The highest BCUT2D eigenvalue weighted by Crippen LogP contribution is 2.43. The third-order valence-electron chi connectivity index (χ3n) is 8.22. The molecule has 1 aliphatic heterocycles. The average Bonchev–Trinajstić information content (AvgIpc) is 3.53. The summed E-state index contributed by atoms with van der Waals surface area (Å²) >= 11 is 0. The van der Waals surface area contributed by atoms with E-state index in [4.69, 9.17) is 4.74 Å². The third kappa shape index (κ3) is 6.05. The number of carbonyl (C=O) groups is 1. The third-order valence-corrected chi connectivity index (χ3v) is 8.22. The van der Waals surface area contributed by atoms with E-state index in [0.717, 1.165) is 29.1 Å². The topological polar surface area (TPSA) is 122 Å². The number of benzene rings is 2. The van der Waals surface area contributed by atoms with Gasteiger partial charge in [-0.25, -0.2) is 19.3 Å². The molecule has 0 aliphatic carbocycles. The number of ether oxygens (including phenoxy) is 1. The summed E-state index contributed by atoms with van der Waals surface area (Å²) in [4.78, 5) is 28.2. The molecule has 240 valence electrons. The zero-order valence-corrected chi connectivity index (χ0v) is 26.3. The lowest BCUT2D eigenvalue weighted by atomic mass is 9.89. The van der Waals surface area contributed by atoms with Gasteiger partial charge in [-0.15, -0.1) is 5.10 Å². The van der Waals surface area contributed by atoms with Crippen LogP contribution in [0.25, 0.3) is 0 Å². The number of nitriles is 1. The Labute approximate surface area is 263 Å². The second-order valence-electron chi connectivity index (χ2n) is 12.0. The Morgan fingerprint density at radius 3 is 2.52 bits per heavy atom. The number of methoxy groups -OCH3 is 1. The Morgan fingerprint density at radius 1 is 1.15 bits per heavy atom. The number of alkyl halides is 3. The minimum atomic E-state index is -4.62. The normalized spacial score (nSPS) is 15.1. The van der Waals surface area contributed by atoms with E-state index in [1.54, 1.807) is 25.1 Å². The molecular weight excluding hydrogens is 601 g/mol. The Balaban J connectivity index is 1.64. The van der Waals surface area contributed by atoms with Crippen molar-refractivity contribution in [1.29, 1.82) is 5.26 Å². The molecule has 2 aromatic carbocycles. The molecule has 0 bridgehead atoms. The van der Waals surface area contributed by atoms with Crippen molar-refractivity contribution in [2.75, 3.05) is 32.6 Å². The summed E-state index contributed by atoms with van der Waals surface area (Å²) in [7, 11) is 7.24. The maximum atomic E-state index is 13.7. The molecule has 0 fully saturated rings. The summed E-state index contributed by atoms with van der Waals surface area (Å²) < 4.78 is 49.8. The van der Waals surface area contributed by atoms with E-state index in [0.29, 0.717) is 35.1 Å². The van der Waals surface area contributed by atoms with Crippen LogP contribution in [-0.4, -0.2) is 62.7 Å². The Kier molecular flexibility index (Phi) is 8.39. The van der Waals surface area contributed by atoms with Gasteiger partial charge in [0.2, 0.25) is 5.95 Å². The number of fused-ring (bicyclic) bond motifs is 1. The number of allylic oxidation sites excluding steroid dienone is 1. The number of hydrogen-bond donors (Lipinski definition) is 1. The lowest BCUT2D eigenvalue weighted by Crippen LogP contribution is -2.41. The fraction of sp³-hybridized carbons (Fsp3) is 0.344. The standard InChI is InChI=1S/C32H33F3N8O3/c1-19-14-25(40(3)39-19)18-43(4,5)13-12-22-15-21(17-36)10-11-26(22)28-27(29(44)46-6)20(2)41(30-37-38-31(45)42(28)30)24-9-7-8-23(16-24)32(33,34)35/h7-11,14-16,28H,12-13,18H2,1-6H3/p+1/t28-/m1/s1. The molecule has 0 amide bonds. The van der Waals surface area contributed by atoms with Crippen LogP contribution in [0.5, 0.6) is 0 Å². The van der Waals surface area contributed by atoms with E-state index >= 15 is 0 Å². The predicted octanol–water partition coefficient (Wildman–Crippen LogP) is 4.51. The summed E-state index contributed by atoms with van der Waals surface area (Å²) in [5.74, 6) is -0.770. The summed E-state index contributed by atoms with van der Waals surface area (Å²) in [6, 6.07) is 12.7. The van der Waals surface area contributed by atoms with Gasteiger partial charge in [-0.2, -0.15) is 23.5 Å². The summed E-state index contributed by atoms with van der Waals surface area (Å²) in [5, 5.41) is 20.8. The van der Waals surface area contributed by atoms with Crippen LogP contribution in [0, 0.1) is 18.3 Å². The number of nitrogens with zero attached hydrogens (tertiary/aromatic N) is 7. The molecule has 0 radical (unpaired) electrons. The van der Waals surface area contributed by atoms with Crippen LogP contribution in [-0.2, 0) is 35.7 Å². The molecule has 5 rings (SSSR count). The van der Waals surface area contributed by atoms with Crippen molar-refractivity contribution in [3.63, 3.8) is 0 Å². The van der Waals surface area contributed by atoms with Crippen LogP contribution in [0.2, 0.25) is 0 Å². The van der Waals surface area contributed by atoms with Gasteiger partial charge < -0.3 is 9.22 Å². The first-order valence-corrected chi connectivity index (χ1v) is 14.4. The van der Waals surface area contributed by atoms with E-state index < -0.39 is 29.4 Å². The average molecular weight is 636 g/mol. The first kappa shape index (κ1) is 32.2. The highest BCUT2D eigenvalue weighted by Gasteiger charge is 2.41. The van der Waals surface area contributed by atoms with Gasteiger partial charge in [-0.1, -0.05) is 12.1 Å². The first-order valence-electron chi connectivity index (χ1n) is 14.4. The molecule has 1 N–H and O–H groups in total. The number of carbonyl (C=O) groups excluding carboxylic acids is 1. The summed E-state index contributed by atoms with van der Waals surface area (Å²) in [6.45, 7) is 4.81. The number of likely N-dealkylation sites (N-methyl/N-ethyl adjacent to an activating group) is 1. The highest BCUT2D eigenvalue weighted by atomic mass is 19.4. The highest BCUT2D eigenvalue weighted by molar-refractivity contribution is 5.93. The second kappa shape index (κ2) is 12.0. The molecule has 3 heterocycles. The summed E-state index contributed by atoms with van der Waals surface area (Å²) in [5.41, 5.74) is 2.39. The monoisotopic (exact) mass is 635 g/mol. The van der Waals surface area contributed by atoms with Crippen molar-refractivity contribution >= 4 is 17.6 Å². The fourth-order valence-electron chi connectivity index (χ4n) is 5.99. The Bertz CT molecular complexity index is 1940. The number of esters is 1. The largest absolute Gasteiger partial charge is 0.466 e. The number of rotatable bonds is 8. The minimum Gasteiger partial charge on any atom is -0.466 e. The van der Waals surface area contributed by atoms with Gasteiger partial charge in [0, 0.05) is 24.9 Å². The van der Waals surface area contributed by atoms with Crippen LogP contribution in [0.3, 0.4) is 0 Å². The van der Waals surface area contributed by atoms with Gasteiger partial charge in [-0.3, -0.25) is 9.58 Å². The van der Waals surface area contributed by atoms with E-state index in [2.05, 4.69) is 35.5 Å². The van der Waals surface area contributed by atoms with Crippen molar-refractivity contribution in [1.82, 2.24) is 24.5 Å². The summed E-state index contributed by atoms with van der Waals surface area (Å²) in [6.07, 6.45) is -4.15. The molecule has 14 heteroatoms. The number of hydrogen-bond acceptors (Lipinski definition) is 7. The van der Waals surface area contributed by atoms with E-state index in [9.17, 15) is 28.0 Å². The molecule has 0 spiro atoms. The number of quaternary nitrogens is 1. The zero-order valence-electron chi connectivity index (χ0n) is 26.3. The molecule has 1 atom stereocenters. The Morgan fingerprint density at radius 2 is 1.89 bits per heavy atom. The molecule has 46 heavy (non-hydrogen) atoms. The van der Waals surface area contributed by atoms with Crippen LogP contribution >= 0.6 is 0 Å². The number of halogens is 3.